The number of amides is 3. The average Bonchev–Trinajstić information content (AvgIpc) is 3.16. The van der Waals surface area contributed by atoms with Gasteiger partial charge in [0, 0.05) is 6.54 Å². The molecule has 3 amide bonds. The molecular formula is C19H20FN3O3. The number of piperidine rings is 1. The van der Waals surface area contributed by atoms with E-state index in [1.54, 1.807) is 29.2 Å². The molecule has 7 heteroatoms. The van der Waals surface area contributed by atoms with Crippen molar-refractivity contribution in [2.24, 2.45) is 5.92 Å². The van der Waals surface area contributed by atoms with E-state index in [2.05, 4.69) is 5.32 Å². The minimum absolute atomic E-state index is 0.105. The number of imide groups is 1. The summed E-state index contributed by atoms with van der Waals surface area (Å²) in [6, 6.07) is 9.27. The third kappa shape index (κ3) is 3.10. The predicted octanol–water partition coefficient (Wildman–Crippen LogP) is 2.71. The highest BCUT2D eigenvalue weighted by molar-refractivity contribution is 5.98. The number of hydrogen-bond donors (Lipinski definition) is 1. The van der Waals surface area contributed by atoms with Crippen LogP contribution >= 0.6 is 0 Å². The zero-order chi connectivity index (χ0) is 18.1. The normalized spacial score (nSPS) is 23.3. The number of hydrogen-bond acceptors (Lipinski definition) is 4. The number of rotatable bonds is 4. The summed E-state index contributed by atoms with van der Waals surface area (Å²) in [6.45, 7) is 1.10. The zero-order valence-electron chi connectivity index (χ0n) is 14.2. The Morgan fingerprint density at radius 1 is 1.19 bits per heavy atom. The van der Waals surface area contributed by atoms with Crippen LogP contribution in [0.2, 0.25) is 0 Å². The van der Waals surface area contributed by atoms with Gasteiger partial charge in [-0.3, -0.25) is 15.0 Å². The molecule has 1 aromatic carbocycles. The van der Waals surface area contributed by atoms with E-state index in [0.717, 1.165) is 19.4 Å². The Labute approximate surface area is 150 Å². The minimum atomic E-state index is -0.383. The lowest BCUT2D eigenvalue weighted by molar-refractivity contribution is -0.142. The van der Waals surface area contributed by atoms with E-state index in [1.165, 1.54) is 23.3 Å². The van der Waals surface area contributed by atoms with Gasteiger partial charge in [0.2, 0.25) is 5.91 Å². The quantitative estimate of drug-likeness (QED) is 0.914. The zero-order valence-corrected chi connectivity index (χ0v) is 14.2. The lowest BCUT2D eigenvalue weighted by Gasteiger charge is -2.47. The molecular weight excluding hydrogens is 337 g/mol. The molecule has 2 atom stereocenters. The van der Waals surface area contributed by atoms with E-state index < -0.39 is 0 Å². The van der Waals surface area contributed by atoms with Crippen molar-refractivity contribution in [3.63, 3.8) is 0 Å². The SMILES string of the molecule is O=C1C2CCCNC2N(Cc2cccc(F)c2)C(=O)N1Cc1ccco1. The molecule has 2 fully saturated rings. The molecule has 0 spiro atoms. The second kappa shape index (κ2) is 6.92. The first kappa shape index (κ1) is 16.8. The van der Waals surface area contributed by atoms with E-state index >= 15 is 0 Å². The number of benzene rings is 1. The summed E-state index contributed by atoms with van der Waals surface area (Å²) in [7, 11) is 0. The lowest BCUT2D eigenvalue weighted by Crippen LogP contribution is -2.66. The van der Waals surface area contributed by atoms with Crippen molar-refractivity contribution in [1.29, 1.82) is 0 Å². The van der Waals surface area contributed by atoms with Crippen LogP contribution in [0.15, 0.2) is 47.1 Å². The van der Waals surface area contributed by atoms with Crippen molar-refractivity contribution in [1.82, 2.24) is 15.1 Å². The number of fused-ring (bicyclic) bond motifs is 1. The van der Waals surface area contributed by atoms with Crippen molar-refractivity contribution in [2.75, 3.05) is 6.54 Å². The van der Waals surface area contributed by atoms with Crippen LogP contribution in [0, 0.1) is 11.7 Å². The van der Waals surface area contributed by atoms with Gasteiger partial charge in [-0.2, -0.15) is 0 Å². The van der Waals surface area contributed by atoms with Gasteiger partial charge in [0.25, 0.3) is 0 Å². The molecule has 0 saturated carbocycles. The first-order valence-electron chi connectivity index (χ1n) is 8.75. The van der Waals surface area contributed by atoms with Crippen LogP contribution < -0.4 is 5.32 Å². The highest BCUT2D eigenvalue weighted by Crippen LogP contribution is 2.30. The fourth-order valence-electron chi connectivity index (χ4n) is 3.73. The van der Waals surface area contributed by atoms with Gasteiger partial charge in [-0.15, -0.1) is 0 Å². The molecule has 3 heterocycles. The Hall–Kier alpha value is -2.67. The average molecular weight is 357 g/mol. The van der Waals surface area contributed by atoms with E-state index in [1.807, 2.05) is 0 Å². The number of carbonyl (C=O) groups excluding carboxylic acids is 2. The van der Waals surface area contributed by atoms with Crippen LogP contribution in [0.1, 0.15) is 24.2 Å². The van der Waals surface area contributed by atoms with Crippen molar-refractivity contribution in [3.8, 4) is 0 Å². The van der Waals surface area contributed by atoms with Crippen LogP contribution in [0.25, 0.3) is 0 Å². The first-order valence-corrected chi connectivity index (χ1v) is 8.75. The summed E-state index contributed by atoms with van der Waals surface area (Å²) >= 11 is 0. The van der Waals surface area contributed by atoms with Gasteiger partial charge in [0.15, 0.2) is 0 Å². The lowest BCUT2D eigenvalue weighted by atomic mass is 9.91. The van der Waals surface area contributed by atoms with Gasteiger partial charge in [-0.1, -0.05) is 12.1 Å². The Morgan fingerprint density at radius 3 is 2.85 bits per heavy atom. The van der Waals surface area contributed by atoms with Gasteiger partial charge >= 0.3 is 6.03 Å². The largest absolute Gasteiger partial charge is 0.467 e. The van der Waals surface area contributed by atoms with Crippen LogP contribution in [0.3, 0.4) is 0 Å². The molecule has 4 rings (SSSR count). The Kier molecular flexibility index (Phi) is 4.46. The Bertz CT molecular complexity index is 808. The molecule has 0 aliphatic carbocycles. The predicted molar refractivity (Wildman–Crippen MR) is 91.1 cm³/mol. The summed E-state index contributed by atoms with van der Waals surface area (Å²) in [4.78, 5) is 28.8. The fraction of sp³-hybridized carbons (Fsp3) is 0.368. The number of urea groups is 1. The van der Waals surface area contributed by atoms with Gasteiger partial charge in [0.05, 0.1) is 24.9 Å². The van der Waals surface area contributed by atoms with Gasteiger partial charge in [0.1, 0.15) is 11.6 Å². The summed E-state index contributed by atoms with van der Waals surface area (Å²) < 4.78 is 18.9. The second-order valence-corrected chi connectivity index (χ2v) is 6.69. The van der Waals surface area contributed by atoms with E-state index in [9.17, 15) is 14.0 Å². The maximum atomic E-state index is 13.5. The fourth-order valence-corrected chi connectivity index (χ4v) is 3.73. The molecule has 2 aliphatic rings. The summed E-state index contributed by atoms with van der Waals surface area (Å²) in [5, 5.41) is 3.29. The molecule has 2 unspecified atom stereocenters. The summed E-state index contributed by atoms with van der Waals surface area (Å²) in [6.07, 6.45) is 2.76. The third-order valence-corrected chi connectivity index (χ3v) is 4.96. The van der Waals surface area contributed by atoms with Gasteiger partial charge in [-0.05, 0) is 49.2 Å². The highest BCUT2D eigenvalue weighted by Gasteiger charge is 2.47. The Balaban J connectivity index is 1.63. The molecule has 2 saturated heterocycles. The number of halogens is 1. The summed E-state index contributed by atoms with van der Waals surface area (Å²) in [5.41, 5.74) is 0.691. The van der Waals surface area contributed by atoms with E-state index in [-0.39, 0.29) is 42.9 Å². The highest BCUT2D eigenvalue weighted by atomic mass is 19.1. The molecule has 1 aromatic heterocycles. The van der Waals surface area contributed by atoms with E-state index in [0.29, 0.717) is 11.3 Å². The van der Waals surface area contributed by atoms with Crippen LogP contribution in [0.4, 0.5) is 9.18 Å². The number of nitrogens with zero attached hydrogens (tertiary/aromatic N) is 2. The molecule has 0 radical (unpaired) electrons. The smallest absolute Gasteiger partial charge is 0.328 e. The Morgan fingerprint density at radius 2 is 2.08 bits per heavy atom. The van der Waals surface area contributed by atoms with Crippen molar-refractivity contribution >= 4 is 11.9 Å². The van der Waals surface area contributed by atoms with Crippen LogP contribution in [-0.4, -0.2) is 34.4 Å². The van der Waals surface area contributed by atoms with E-state index in [4.69, 9.17) is 4.42 Å². The number of nitrogens with one attached hydrogen (secondary N) is 1. The molecule has 1 N–H and O–H groups in total. The molecule has 136 valence electrons. The van der Waals surface area contributed by atoms with Crippen molar-refractivity contribution < 1.29 is 18.4 Å². The van der Waals surface area contributed by atoms with Gasteiger partial charge in [-0.25, -0.2) is 9.18 Å². The van der Waals surface area contributed by atoms with Crippen molar-refractivity contribution in [2.45, 2.75) is 32.1 Å². The number of furan rings is 1. The molecule has 2 aromatic rings. The van der Waals surface area contributed by atoms with Crippen LogP contribution in [-0.2, 0) is 17.9 Å². The maximum absolute atomic E-state index is 13.5. The molecule has 26 heavy (non-hydrogen) atoms. The maximum Gasteiger partial charge on any atom is 0.328 e. The van der Waals surface area contributed by atoms with Crippen LogP contribution in [0.5, 0.6) is 0 Å². The second-order valence-electron chi connectivity index (χ2n) is 6.69. The van der Waals surface area contributed by atoms with Crippen molar-refractivity contribution in [3.05, 3.63) is 59.8 Å². The molecule has 6 nitrogen and oxygen atoms in total. The minimum Gasteiger partial charge on any atom is -0.467 e. The van der Waals surface area contributed by atoms with Gasteiger partial charge < -0.3 is 9.32 Å². The third-order valence-electron chi connectivity index (χ3n) is 4.96. The molecule has 0 bridgehead atoms. The standard InChI is InChI=1S/C19H20FN3O3/c20-14-5-1-4-13(10-14)11-22-17-16(7-2-8-21-17)18(24)23(19(22)25)12-15-6-3-9-26-15/h1,3-6,9-10,16-17,21H,2,7-8,11-12H2. The number of carbonyl (C=O) groups is 2. The molecule has 2 aliphatic heterocycles. The monoisotopic (exact) mass is 357 g/mol. The summed E-state index contributed by atoms with van der Waals surface area (Å²) in [5.74, 6) is -0.271. The topological polar surface area (TPSA) is 65.8 Å². The first-order chi connectivity index (χ1) is 12.6.